The predicted octanol–water partition coefficient (Wildman–Crippen LogP) is 0.806. The third-order valence-corrected chi connectivity index (χ3v) is 4.75. The molecule has 0 aliphatic carbocycles. The van der Waals surface area contributed by atoms with Crippen LogP contribution in [-0.4, -0.2) is 43.1 Å². The summed E-state index contributed by atoms with van der Waals surface area (Å²) in [6.45, 7) is 1.82. The number of carboxylic acid groups (broad SMARTS) is 1. The first-order valence-electron chi connectivity index (χ1n) is 7.54. The minimum absolute atomic E-state index is 0.150. The van der Waals surface area contributed by atoms with Crippen LogP contribution in [0.25, 0.3) is 11.0 Å². The van der Waals surface area contributed by atoms with E-state index in [2.05, 4.69) is 0 Å². The lowest BCUT2D eigenvalue weighted by Gasteiger charge is -2.31. The Hall–Kier alpha value is -2.57. The first-order chi connectivity index (χ1) is 10.9. The van der Waals surface area contributed by atoms with E-state index in [0.717, 1.165) is 5.52 Å². The van der Waals surface area contributed by atoms with Crippen molar-refractivity contribution in [2.75, 3.05) is 6.54 Å². The second kappa shape index (κ2) is 5.26. The average Bonchev–Trinajstić information content (AvgIpc) is 3.03. The quantitative estimate of drug-likeness (QED) is 0.908. The van der Waals surface area contributed by atoms with Crippen molar-refractivity contribution in [1.82, 2.24) is 14.0 Å². The van der Waals surface area contributed by atoms with Crippen LogP contribution in [0.3, 0.4) is 0 Å². The number of aromatic nitrogens is 2. The third kappa shape index (κ3) is 2.23. The molecule has 1 atom stereocenters. The Kier molecular flexibility index (Phi) is 3.50. The number of carboxylic acids is 1. The number of aryl methyl sites for hydroxylation is 1. The zero-order chi connectivity index (χ0) is 16.8. The number of nitrogens with zero attached hydrogens (tertiary/aromatic N) is 3. The van der Waals surface area contributed by atoms with E-state index in [1.54, 1.807) is 26.1 Å². The molecular formula is C16H19N3O4. The van der Waals surface area contributed by atoms with Gasteiger partial charge in [0.05, 0.1) is 11.0 Å². The molecule has 122 valence electrons. The first-order valence-corrected chi connectivity index (χ1v) is 7.54. The van der Waals surface area contributed by atoms with Gasteiger partial charge in [0.15, 0.2) is 0 Å². The minimum Gasteiger partial charge on any atom is -0.480 e. The van der Waals surface area contributed by atoms with Gasteiger partial charge in [-0.15, -0.1) is 0 Å². The third-order valence-electron chi connectivity index (χ3n) is 4.75. The number of rotatable bonds is 3. The Balaban J connectivity index is 1.97. The molecule has 7 nitrogen and oxygen atoms in total. The largest absolute Gasteiger partial charge is 0.480 e. The zero-order valence-corrected chi connectivity index (χ0v) is 13.2. The Morgan fingerprint density at radius 1 is 1.26 bits per heavy atom. The summed E-state index contributed by atoms with van der Waals surface area (Å²) >= 11 is 0. The van der Waals surface area contributed by atoms with Crippen molar-refractivity contribution in [2.45, 2.75) is 31.8 Å². The molecular weight excluding hydrogens is 298 g/mol. The van der Waals surface area contributed by atoms with Gasteiger partial charge >= 0.3 is 11.7 Å². The molecule has 1 fully saturated rings. The van der Waals surface area contributed by atoms with Crippen molar-refractivity contribution in [1.29, 1.82) is 0 Å². The number of carbonyl (C=O) groups excluding carboxylic acids is 1. The van der Waals surface area contributed by atoms with E-state index < -0.39 is 11.5 Å². The highest BCUT2D eigenvalue weighted by Crippen LogP contribution is 2.29. The normalized spacial score (nSPS) is 21.0. The molecule has 1 saturated heterocycles. The molecule has 1 N–H and O–H groups in total. The van der Waals surface area contributed by atoms with Gasteiger partial charge in [-0.05, 0) is 31.9 Å². The molecule has 0 spiro atoms. The van der Waals surface area contributed by atoms with Gasteiger partial charge in [-0.2, -0.15) is 0 Å². The van der Waals surface area contributed by atoms with Crippen LogP contribution in [0.1, 0.15) is 19.8 Å². The van der Waals surface area contributed by atoms with E-state index in [9.17, 15) is 19.5 Å². The van der Waals surface area contributed by atoms with Crippen LogP contribution < -0.4 is 5.69 Å². The van der Waals surface area contributed by atoms with Crippen LogP contribution in [-0.2, 0) is 23.2 Å². The van der Waals surface area contributed by atoms with Gasteiger partial charge in [0.25, 0.3) is 0 Å². The smallest absolute Gasteiger partial charge is 0.329 e. The average molecular weight is 317 g/mol. The molecule has 0 saturated carbocycles. The highest BCUT2D eigenvalue weighted by molar-refractivity contribution is 5.88. The summed E-state index contributed by atoms with van der Waals surface area (Å²) in [5.74, 6) is -1.35. The molecule has 3 rings (SSSR count). The van der Waals surface area contributed by atoms with E-state index in [0.29, 0.717) is 24.9 Å². The van der Waals surface area contributed by atoms with Crippen molar-refractivity contribution < 1.29 is 14.7 Å². The molecule has 1 amide bonds. The number of likely N-dealkylation sites (tertiary alicyclic amines) is 1. The van der Waals surface area contributed by atoms with Crippen molar-refractivity contribution >= 4 is 22.9 Å². The molecule has 2 heterocycles. The standard InChI is InChI=1S/C16H19N3O4/c1-16(14(21)22)8-5-9-19(16)13(20)10-18-12-7-4-3-6-11(12)17(2)15(18)23/h3-4,6-7H,5,8-10H2,1-2H3,(H,21,22). The Labute approximate surface area is 132 Å². The van der Waals surface area contributed by atoms with Gasteiger partial charge in [-0.3, -0.25) is 13.9 Å². The summed E-state index contributed by atoms with van der Waals surface area (Å²) in [6.07, 6.45) is 1.08. The lowest BCUT2D eigenvalue weighted by Crippen LogP contribution is -2.52. The summed E-state index contributed by atoms with van der Waals surface area (Å²) in [5, 5.41) is 9.42. The molecule has 1 aromatic carbocycles. The van der Waals surface area contributed by atoms with Crippen molar-refractivity contribution in [3.63, 3.8) is 0 Å². The number of amides is 1. The van der Waals surface area contributed by atoms with Gasteiger partial charge in [-0.25, -0.2) is 9.59 Å². The van der Waals surface area contributed by atoms with Crippen LogP contribution >= 0.6 is 0 Å². The maximum atomic E-state index is 12.6. The lowest BCUT2D eigenvalue weighted by molar-refractivity contribution is -0.155. The van der Waals surface area contributed by atoms with Crippen molar-refractivity contribution in [2.24, 2.45) is 7.05 Å². The van der Waals surface area contributed by atoms with Crippen LogP contribution in [0, 0.1) is 0 Å². The zero-order valence-electron chi connectivity index (χ0n) is 13.2. The van der Waals surface area contributed by atoms with Crippen LogP contribution in [0.4, 0.5) is 0 Å². The lowest BCUT2D eigenvalue weighted by atomic mass is 9.99. The SMILES string of the molecule is Cn1c(=O)n(CC(=O)N2CCCC2(C)C(=O)O)c2ccccc21. The van der Waals surface area contributed by atoms with Crippen LogP contribution in [0.2, 0.25) is 0 Å². The van der Waals surface area contributed by atoms with Crippen LogP contribution in [0.15, 0.2) is 29.1 Å². The minimum atomic E-state index is -1.19. The summed E-state index contributed by atoms with van der Waals surface area (Å²) in [7, 11) is 1.66. The molecule has 1 aliphatic heterocycles. The Morgan fingerprint density at radius 2 is 1.91 bits per heavy atom. The van der Waals surface area contributed by atoms with E-state index in [1.165, 1.54) is 14.0 Å². The molecule has 1 unspecified atom stereocenters. The number of carbonyl (C=O) groups is 2. The Bertz CT molecular complexity index is 851. The molecule has 23 heavy (non-hydrogen) atoms. The summed E-state index contributed by atoms with van der Waals surface area (Å²) < 4.78 is 2.89. The number of fused-ring (bicyclic) bond motifs is 1. The fraction of sp³-hybridized carbons (Fsp3) is 0.438. The van der Waals surface area contributed by atoms with Crippen LogP contribution in [0.5, 0.6) is 0 Å². The number of hydrogen-bond donors (Lipinski definition) is 1. The highest BCUT2D eigenvalue weighted by Gasteiger charge is 2.45. The molecule has 1 aromatic heterocycles. The molecule has 0 radical (unpaired) electrons. The van der Waals surface area contributed by atoms with E-state index >= 15 is 0 Å². The number of imidazole rings is 1. The van der Waals surface area contributed by atoms with E-state index in [1.807, 2.05) is 12.1 Å². The van der Waals surface area contributed by atoms with Gasteiger partial charge in [-0.1, -0.05) is 12.1 Å². The van der Waals surface area contributed by atoms with Gasteiger partial charge in [0.1, 0.15) is 12.1 Å². The monoisotopic (exact) mass is 317 g/mol. The second-order valence-corrected chi connectivity index (χ2v) is 6.14. The number of hydrogen-bond acceptors (Lipinski definition) is 3. The van der Waals surface area contributed by atoms with Crippen molar-refractivity contribution in [3.8, 4) is 0 Å². The summed E-state index contributed by atoms with van der Waals surface area (Å²) in [6, 6.07) is 7.23. The van der Waals surface area contributed by atoms with Gasteiger partial charge in [0.2, 0.25) is 5.91 Å². The number of aliphatic carboxylic acids is 1. The summed E-state index contributed by atoms with van der Waals surface area (Å²) in [4.78, 5) is 37.9. The summed E-state index contributed by atoms with van der Waals surface area (Å²) in [5.41, 5.74) is -0.0567. The van der Waals surface area contributed by atoms with Gasteiger partial charge in [0, 0.05) is 13.6 Å². The predicted molar refractivity (Wildman–Crippen MR) is 84.2 cm³/mol. The first kappa shape index (κ1) is 15.3. The maximum Gasteiger partial charge on any atom is 0.329 e. The highest BCUT2D eigenvalue weighted by atomic mass is 16.4. The number of para-hydroxylation sites is 2. The fourth-order valence-electron chi connectivity index (χ4n) is 3.32. The molecule has 7 heteroatoms. The molecule has 0 bridgehead atoms. The van der Waals surface area contributed by atoms with E-state index in [-0.39, 0.29) is 18.1 Å². The second-order valence-electron chi connectivity index (χ2n) is 6.14. The molecule has 2 aromatic rings. The molecule has 1 aliphatic rings. The fourth-order valence-corrected chi connectivity index (χ4v) is 3.32. The topological polar surface area (TPSA) is 84.5 Å². The van der Waals surface area contributed by atoms with Crippen molar-refractivity contribution in [3.05, 3.63) is 34.7 Å². The maximum absolute atomic E-state index is 12.6. The number of benzene rings is 1. The van der Waals surface area contributed by atoms with Gasteiger partial charge < -0.3 is 10.0 Å². The Morgan fingerprint density at radius 3 is 2.57 bits per heavy atom. The van der Waals surface area contributed by atoms with E-state index in [4.69, 9.17) is 0 Å².